The third kappa shape index (κ3) is 3.40. The molecule has 0 aliphatic carbocycles. The second kappa shape index (κ2) is 8.28. The Morgan fingerprint density at radius 1 is 0.800 bits per heavy atom. The van der Waals surface area contributed by atoms with Crippen molar-refractivity contribution in [3.8, 4) is 28.7 Å². The molecule has 0 saturated heterocycles. The number of aromatic nitrogens is 5. The highest BCUT2D eigenvalue weighted by Crippen LogP contribution is 2.41. The van der Waals surface area contributed by atoms with E-state index in [0.29, 0.717) is 41.1 Å². The van der Waals surface area contributed by atoms with E-state index in [1.165, 1.54) is 0 Å². The molecular formula is C26H21N5O4. The summed E-state index contributed by atoms with van der Waals surface area (Å²) in [6, 6.07) is 19.5. The summed E-state index contributed by atoms with van der Waals surface area (Å²) >= 11 is 0. The second-order valence-corrected chi connectivity index (χ2v) is 7.90. The third-order valence-electron chi connectivity index (χ3n) is 5.93. The van der Waals surface area contributed by atoms with Crippen molar-refractivity contribution in [2.75, 3.05) is 21.3 Å². The van der Waals surface area contributed by atoms with E-state index in [1.807, 2.05) is 48.5 Å². The van der Waals surface area contributed by atoms with Crippen molar-refractivity contribution < 1.29 is 18.6 Å². The van der Waals surface area contributed by atoms with Crippen molar-refractivity contribution in [3.63, 3.8) is 0 Å². The number of fused-ring (bicyclic) bond motifs is 4. The molecule has 6 aromatic rings. The molecule has 0 bridgehead atoms. The molecule has 0 aliphatic rings. The quantitative estimate of drug-likeness (QED) is 0.343. The summed E-state index contributed by atoms with van der Waals surface area (Å²) in [5, 5.41) is 9.58. The second-order valence-electron chi connectivity index (χ2n) is 7.90. The van der Waals surface area contributed by atoms with E-state index in [2.05, 4.69) is 14.8 Å². The van der Waals surface area contributed by atoms with Crippen LogP contribution in [0.3, 0.4) is 0 Å². The minimum absolute atomic E-state index is 0.342. The van der Waals surface area contributed by atoms with Crippen LogP contribution in [-0.4, -0.2) is 46.1 Å². The lowest BCUT2D eigenvalue weighted by Gasteiger charge is -2.12. The molecule has 0 atom stereocenters. The molecule has 0 fully saturated rings. The van der Waals surface area contributed by atoms with Crippen LogP contribution < -0.4 is 14.2 Å². The van der Waals surface area contributed by atoms with Crippen molar-refractivity contribution in [2.24, 2.45) is 0 Å². The lowest BCUT2D eigenvalue weighted by molar-refractivity contribution is 0.324. The van der Waals surface area contributed by atoms with Crippen molar-refractivity contribution in [1.82, 2.24) is 24.7 Å². The van der Waals surface area contributed by atoms with Gasteiger partial charge in [-0.1, -0.05) is 30.3 Å². The summed E-state index contributed by atoms with van der Waals surface area (Å²) in [5.41, 5.74) is 4.93. The Labute approximate surface area is 199 Å². The fourth-order valence-electron chi connectivity index (χ4n) is 4.32. The number of nitrogens with zero attached hydrogens (tertiary/aromatic N) is 5. The number of hydrogen-bond donors (Lipinski definition) is 0. The van der Waals surface area contributed by atoms with E-state index in [0.717, 1.165) is 33.1 Å². The van der Waals surface area contributed by atoms with Gasteiger partial charge in [-0.2, -0.15) is 0 Å². The van der Waals surface area contributed by atoms with Gasteiger partial charge < -0.3 is 23.2 Å². The molecule has 35 heavy (non-hydrogen) atoms. The van der Waals surface area contributed by atoms with Gasteiger partial charge in [-0.25, -0.2) is 9.97 Å². The summed E-state index contributed by atoms with van der Waals surface area (Å²) < 4.78 is 24.4. The molecular weight excluding hydrogens is 446 g/mol. The number of para-hydroxylation sites is 3. The Kier molecular flexibility index (Phi) is 4.95. The molecule has 0 aliphatic heterocycles. The smallest absolute Gasteiger partial charge is 0.248 e. The molecule has 0 unspecified atom stereocenters. The summed E-state index contributed by atoms with van der Waals surface area (Å²) in [6.45, 7) is 0.342. The highest BCUT2D eigenvalue weighted by molar-refractivity contribution is 6.06. The Morgan fingerprint density at radius 2 is 1.49 bits per heavy atom. The number of hydrogen-bond acceptors (Lipinski definition) is 8. The normalized spacial score (nSPS) is 11.4. The number of benzene rings is 3. The van der Waals surface area contributed by atoms with E-state index in [4.69, 9.17) is 28.6 Å². The maximum absolute atomic E-state index is 6.06. The standard InChI is InChI=1S/C26H21N5O4/c1-32-20-12-15(13-21(33-2)24(20)34-3)26-30-29-22(35-26)14-31-19-11-7-4-8-16(19)23-25(31)28-18-10-6-5-9-17(18)27-23/h4-13H,14H2,1-3H3. The monoisotopic (exact) mass is 467 g/mol. The first-order chi connectivity index (χ1) is 17.2. The van der Waals surface area contributed by atoms with Crippen molar-refractivity contribution in [3.05, 3.63) is 66.6 Å². The zero-order chi connectivity index (χ0) is 23.9. The minimum Gasteiger partial charge on any atom is -0.493 e. The van der Waals surface area contributed by atoms with Crippen molar-refractivity contribution in [1.29, 1.82) is 0 Å². The van der Waals surface area contributed by atoms with Crippen molar-refractivity contribution in [2.45, 2.75) is 6.54 Å². The first kappa shape index (κ1) is 20.9. The first-order valence-corrected chi connectivity index (χ1v) is 11.0. The molecule has 3 heterocycles. The predicted octanol–water partition coefficient (Wildman–Crippen LogP) is 4.86. The Balaban J connectivity index is 1.45. The molecule has 3 aromatic heterocycles. The molecule has 9 nitrogen and oxygen atoms in total. The van der Waals surface area contributed by atoms with E-state index >= 15 is 0 Å². The predicted molar refractivity (Wildman–Crippen MR) is 131 cm³/mol. The van der Waals surface area contributed by atoms with E-state index < -0.39 is 0 Å². The van der Waals surface area contributed by atoms with Gasteiger partial charge in [0.1, 0.15) is 12.1 Å². The molecule has 0 amide bonds. The number of methoxy groups -OCH3 is 3. The van der Waals surface area contributed by atoms with Gasteiger partial charge in [0, 0.05) is 10.9 Å². The molecule has 0 N–H and O–H groups in total. The van der Waals surface area contributed by atoms with Gasteiger partial charge in [-0.05, 0) is 30.3 Å². The molecule has 0 radical (unpaired) electrons. The molecule has 0 saturated carbocycles. The molecule has 0 spiro atoms. The summed E-state index contributed by atoms with van der Waals surface area (Å²) in [4.78, 5) is 9.79. The maximum atomic E-state index is 6.06. The summed E-state index contributed by atoms with van der Waals surface area (Å²) in [5.74, 6) is 2.29. The van der Waals surface area contributed by atoms with E-state index in [1.54, 1.807) is 33.5 Å². The zero-order valence-corrected chi connectivity index (χ0v) is 19.3. The minimum atomic E-state index is 0.342. The largest absolute Gasteiger partial charge is 0.493 e. The molecule has 6 rings (SSSR count). The van der Waals surface area contributed by atoms with Crippen LogP contribution in [0.1, 0.15) is 5.89 Å². The molecule has 174 valence electrons. The van der Waals surface area contributed by atoms with E-state index in [9.17, 15) is 0 Å². The lowest BCUT2D eigenvalue weighted by atomic mass is 10.2. The first-order valence-electron chi connectivity index (χ1n) is 11.0. The number of ether oxygens (including phenoxy) is 3. The Bertz CT molecular complexity index is 1680. The van der Waals surface area contributed by atoms with Crippen LogP contribution in [0.25, 0.3) is 44.6 Å². The van der Waals surface area contributed by atoms with Gasteiger partial charge in [0.25, 0.3) is 0 Å². The van der Waals surface area contributed by atoms with Gasteiger partial charge in [0.2, 0.25) is 17.5 Å². The van der Waals surface area contributed by atoms with Crippen LogP contribution in [0.4, 0.5) is 0 Å². The fourth-order valence-corrected chi connectivity index (χ4v) is 4.32. The SMILES string of the molecule is COc1cc(-c2nnc(Cn3c4ccccc4c4nc5ccccc5nc43)o2)cc(OC)c1OC. The lowest BCUT2D eigenvalue weighted by Crippen LogP contribution is -2.01. The summed E-state index contributed by atoms with van der Waals surface area (Å²) in [7, 11) is 4.68. The highest BCUT2D eigenvalue weighted by Gasteiger charge is 2.20. The van der Waals surface area contributed by atoms with Crippen LogP contribution in [0.2, 0.25) is 0 Å². The van der Waals surface area contributed by atoms with Gasteiger partial charge in [0.05, 0.1) is 37.9 Å². The van der Waals surface area contributed by atoms with E-state index in [-0.39, 0.29) is 0 Å². The number of rotatable bonds is 6. The Morgan fingerprint density at radius 3 is 2.20 bits per heavy atom. The van der Waals surface area contributed by atoms with Gasteiger partial charge in [-0.15, -0.1) is 10.2 Å². The van der Waals surface area contributed by atoms with Gasteiger partial charge >= 0.3 is 0 Å². The third-order valence-corrected chi connectivity index (χ3v) is 5.93. The average molecular weight is 467 g/mol. The van der Waals surface area contributed by atoms with Gasteiger partial charge in [0.15, 0.2) is 17.1 Å². The highest BCUT2D eigenvalue weighted by atomic mass is 16.5. The maximum Gasteiger partial charge on any atom is 0.248 e. The molecule has 9 heteroatoms. The van der Waals surface area contributed by atoms with Crippen LogP contribution in [0.5, 0.6) is 17.2 Å². The van der Waals surface area contributed by atoms with Crippen molar-refractivity contribution >= 4 is 33.1 Å². The Hall–Kier alpha value is -4.66. The average Bonchev–Trinajstić information content (AvgIpc) is 3.50. The fraction of sp³-hybridized carbons (Fsp3) is 0.154. The zero-order valence-electron chi connectivity index (χ0n) is 19.3. The van der Waals surface area contributed by atoms with Crippen LogP contribution >= 0.6 is 0 Å². The van der Waals surface area contributed by atoms with Crippen LogP contribution in [0.15, 0.2) is 65.1 Å². The molecule has 3 aromatic carbocycles. The summed E-state index contributed by atoms with van der Waals surface area (Å²) in [6.07, 6.45) is 0. The van der Waals surface area contributed by atoms with Crippen LogP contribution in [0, 0.1) is 0 Å². The van der Waals surface area contributed by atoms with Gasteiger partial charge in [-0.3, -0.25) is 0 Å². The van der Waals surface area contributed by atoms with Crippen LogP contribution in [-0.2, 0) is 6.54 Å². The topological polar surface area (TPSA) is 97.3 Å².